The molecule has 0 saturated carbocycles. The van der Waals surface area contributed by atoms with Crippen LogP contribution < -0.4 is 10.2 Å². The number of anilines is 3. The number of aryl methyl sites for hydroxylation is 1. The zero-order chi connectivity index (χ0) is 17.2. The summed E-state index contributed by atoms with van der Waals surface area (Å²) in [6.07, 6.45) is 2.95. The van der Waals surface area contributed by atoms with Crippen LogP contribution in [0.2, 0.25) is 0 Å². The third kappa shape index (κ3) is 3.98. The molecule has 2 aromatic heterocycles. The van der Waals surface area contributed by atoms with Crippen LogP contribution in [-0.2, 0) is 10.0 Å². The molecule has 1 N–H and O–H groups in total. The van der Waals surface area contributed by atoms with Crippen LogP contribution in [-0.4, -0.2) is 60.1 Å². The number of hydrogen-bond donors (Lipinski definition) is 1. The van der Waals surface area contributed by atoms with Crippen molar-refractivity contribution in [3.8, 4) is 0 Å². The van der Waals surface area contributed by atoms with E-state index >= 15 is 0 Å². The van der Waals surface area contributed by atoms with Crippen LogP contribution in [0.1, 0.15) is 5.69 Å². The number of nitrogens with one attached hydrogen (secondary N) is 1. The van der Waals surface area contributed by atoms with Gasteiger partial charge in [0.15, 0.2) is 0 Å². The van der Waals surface area contributed by atoms with Gasteiger partial charge in [-0.1, -0.05) is 6.07 Å². The maximum Gasteiger partial charge on any atom is 0.227 e. The summed E-state index contributed by atoms with van der Waals surface area (Å²) in [6, 6.07) is 7.46. The predicted octanol–water partition coefficient (Wildman–Crippen LogP) is 1.01. The largest absolute Gasteiger partial charge is 0.338 e. The van der Waals surface area contributed by atoms with E-state index in [4.69, 9.17) is 0 Å². The molecular formula is C15H20N6O2S. The van der Waals surface area contributed by atoms with Gasteiger partial charge in [0, 0.05) is 44.1 Å². The molecule has 128 valence electrons. The first kappa shape index (κ1) is 16.6. The van der Waals surface area contributed by atoms with Crippen molar-refractivity contribution in [1.82, 2.24) is 19.3 Å². The second-order valence-electron chi connectivity index (χ2n) is 5.68. The summed E-state index contributed by atoms with van der Waals surface area (Å²) in [5, 5.41) is 3.16. The van der Waals surface area contributed by atoms with Gasteiger partial charge in [-0.3, -0.25) is 0 Å². The van der Waals surface area contributed by atoms with Crippen molar-refractivity contribution >= 4 is 27.6 Å². The molecule has 3 heterocycles. The van der Waals surface area contributed by atoms with Crippen molar-refractivity contribution in [3.05, 3.63) is 36.2 Å². The quantitative estimate of drug-likeness (QED) is 0.881. The number of sulfonamides is 1. The Morgan fingerprint density at radius 3 is 2.46 bits per heavy atom. The lowest BCUT2D eigenvalue weighted by Crippen LogP contribution is -2.48. The van der Waals surface area contributed by atoms with E-state index in [1.165, 1.54) is 10.6 Å². The van der Waals surface area contributed by atoms with Crippen LogP contribution in [0.3, 0.4) is 0 Å². The molecule has 1 fully saturated rings. The molecule has 0 amide bonds. The van der Waals surface area contributed by atoms with E-state index in [2.05, 4.69) is 20.3 Å². The highest BCUT2D eigenvalue weighted by Gasteiger charge is 2.24. The first-order chi connectivity index (χ1) is 11.4. The standard InChI is InChI=1S/C15H20N6O2S/c1-12-11-14(18-13-5-3-4-6-16-13)19-15(17-12)20-7-9-21(10-8-20)24(2,22)23/h3-6,11H,7-10H2,1-2H3,(H,16,17,18,19). The molecule has 0 atom stereocenters. The van der Waals surface area contributed by atoms with E-state index in [1.54, 1.807) is 6.20 Å². The van der Waals surface area contributed by atoms with E-state index in [1.807, 2.05) is 36.1 Å². The molecule has 0 unspecified atom stereocenters. The summed E-state index contributed by atoms with van der Waals surface area (Å²) in [5.41, 5.74) is 0.837. The third-order valence-electron chi connectivity index (χ3n) is 3.75. The molecular weight excluding hydrogens is 328 g/mol. The lowest BCUT2D eigenvalue weighted by Gasteiger charge is -2.33. The average Bonchev–Trinajstić information content (AvgIpc) is 2.54. The van der Waals surface area contributed by atoms with Gasteiger partial charge < -0.3 is 10.2 Å². The molecule has 0 aromatic carbocycles. The molecule has 24 heavy (non-hydrogen) atoms. The molecule has 1 aliphatic heterocycles. The van der Waals surface area contributed by atoms with E-state index in [9.17, 15) is 8.42 Å². The van der Waals surface area contributed by atoms with Crippen molar-refractivity contribution in [3.63, 3.8) is 0 Å². The van der Waals surface area contributed by atoms with Crippen molar-refractivity contribution in [2.45, 2.75) is 6.92 Å². The van der Waals surface area contributed by atoms with E-state index in [0.717, 1.165) is 5.69 Å². The number of piperazine rings is 1. The number of pyridine rings is 1. The second-order valence-corrected chi connectivity index (χ2v) is 7.67. The van der Waals surface area contributed by atoms with E-state index < -0.39 is 10.0 Å². The Bertz CT molecular complexity index is 804. The fourth-order valence-corrected chi connectivity index (χ4v) is 3.37. The Balaban J connectivity index is 1.75. The van der Waals surface area contributed by atoms with Crippen molar-refractivity contribution in [2.75, 3.05) is 42.7 Å². The van der Waals surface area contributed by atoms with Gasteiger partial charge in [0.1, 0.15) is 11.6 Å². The van der Waals surface area contributed by atoms with Crippen LogP contribution in [0.15, 0.2) is 30.5 Å². The highest BCUT2D eigenvalue weighted by molar-refractivity contribution is 7.88. The van der Waals surface area contributed by atoms with Crippen molar-refractivity contribution in [1.29, 1.82) is 0 Å². The Hall–Kier alpha value is -2.26. The average molecular weight is 348 g/mol. The van der Waals surface area contributed by atoms with Gasteiger partial charge in [-0.25, -0.2) is 18.4 Å². The first-order valence-electron chi connectivity index (χ1n) is 7.65. The molecule has 2 aromatic rings. The Morgan fingerprint density at radius 1 is 1.08 bits per heavy atom. The van der Waals surface area contributed by atoms with Gasteiger partial charge in [-0.2, -0.15) is 9.29 Å². The zero-order valence-corrected chi connectivity index (χ0v) is 14.5. The van der Waals surface area contributed by atoms with E-state index in [0.29, 0.717) is 43.8 Å². The van der Waals surface area contributed by atoms with Gasteiger partial charge in [-0.05, 0) is 19.1 Å². The van der Waals surface area contributed by atoms with Gasteiger partial charge in [0.2, 0.25) is 16.0 Å². The molecule has 0 aliphatic carbocycles. The smallest absolute Gasteiger partial charge is 0.227 e. The van der Waals surface area contributed by atoms with Gasteiger partial charge in [0.25, 0.3) is 0 Å². The van der Waals surface area contributed by atoms with Crippen molar-refractivity contribution < 1.29 is 8.42 Å². The highest BCUT2D eigenvalue weighted by Crippen LogP contribution is 2.18. The maximum atomic E-state index is 11.6. The van der Waals surface area contributed by atoms with Gasteiger partial charge in [-0.15, -0.1) is 0 Å². The summed E-state index contributed by atoms with van der Waals surface area (Å²) in [5.74, 6) is 1.98. The molecule has 0 bridgehead atoms. The van der Waals surface area contributed by atoms with Gasteiger partial charge >= 0.3 is 0 Å². The summed E-state index contributed by atoms with van der Waals surface area (Å²) < 4.78 is 24.7. The lowest BCUT2D eigenvalue weighted by molar-refractivity contribution is 0.385. The van der Waals surface area contributed by atoms with Crippen LogP contribution >= 0.6 is 0 Å². The molecule has 0 radical (unpaired) electrons. The molecule has 8 nitrogen and oxygen atoms in total. The summed E-state index contributed by atoms with van der Waals surface area (Å²) in [4.78, 5) is 15.2. The highest BCUT2D eigenvalue weighted by atomic mass is 32.2. The molecule has 9 heteroatoms. The van der Waals surface area contributed by atoms with Crippen LogP contribution in [0.4, 0.5) is 17.6 Å². The third-order valence-corrected chi connectivity index (χ3v) is 5.06. The lowest BCUT2D eigenvalue weighted by atomic mass is 10.3. The topological polar surface area (TPSA) is 91.3 Å². The Labute approximate surface area is 141 Å². The fraction of sp³-hybridized carbons (Fsp3) is 0.400. The summed E-state index contributed by atoms with van der Waals surface area (Å²) in [6.45, 7) is 3.93. The normalized spacial score (nSPS) is 16.2. The Morgan fingerprint density at radius 2 is 1.83 bits per heavy atom. The molecule has 1 aliphatic rings. The minimum Gasteiger partial charge on any atom is -0.338 e. The fourth-order valence-electron chi connectivity index (χ4n) is 2.55. The number of nitrogens with zero attached hydrogens (tertiary/aromatic N) is 5. The second kappa shape index (κ2) is 6.70. The molecule has 1 saturated heterocycles. The SMILES string of the molecule is Cc1cc(Nc2ccccn2)nc(N2CCN(S(C)(=O)=O)CC2)n1. The summed E-state index contributed by atoms with van der Waals surface area (Å²) >= 11 is 0. The minimum atomic E-state index is -3.14. The number of aromatic nitrogens is 3. The zero-order valence-electron chi connectivity index (χ0n) is 13.7. The predicted molar refractivity (Wildman–Crippen MR) is 92.9 cm³/mol. The Kier molecular flexibility index (Phi) is 4.63. The maximum absolute atomic E-state index is 11.6. The molecule has 0 spiro atoms. The molecule has 3 rings (SSSR count). The number of hydrogen-bond acceptors (Lipinski definition) is 7. The van der Waals surface area contributed by atoms with Crippen LogP contribution in [0.25, 0.3) is 0 Å². The van der Waals surface area contributed by atoms with E-state index in [-0.39, 0.29) is 0 Å². The van der Waals surface area contributed by atoms with Crippen molar-refractivity contribution in [2.24, 2.45) is 0 Å². The van der Waals surface area contributed by atoms with Crippen LogP contribution in [0.5, 0.6) is 0 Å². The first-order valence-corrected chi connectivity index (χ1v) is 9.50. The monoisotopic (exact) mass is 348 g/mol. The van der Waals surface area contributed by atoms with Gasteiger partial charge in [0.05, 0.1) is 6.26 Å². The van der Waals surface area contributed by atoms with Crippen LogP contribution in [0, 0.1) is 6.92 Å². The minimum absolute atomic E-state index is 0.444. The summed E-state index contributed by atoms with van der Waals surface area (Å²) in [7, 11) is -3.14. The number of rotatable bonds is 4.